The lowest BCUT2D eigenvalue weighted by atomic mass is 10.1. The minimum Gasteiger partial charge on any atom is -0.337 e. The molecule has 0 spiro atoms. The van der Waals surface area contributed by atoms with Crippen LogP contribution in [0.2, 0.25) is 0 Å². The molecule has 2 aliphatic rings. The first kappa shape index (κ1) is 17.7. The van der Waals surface area contributed by atoms with Gasteiger partial charge in [-0.3, -0.25) is 9.59 Å². The molecule has 3 heterocycles. The maximum Gasteiger partial charge on any atom is 0.291 e. The molecule has 6 nitrogen and oxygen atoms in total. The van der Waals surface area contributed by atoms with Crippen molar-refractivity contribution in [1.82, 2.24) is 14.5 Å². The van der Waals surface area contributed by atoms with E-state index in [4.69, 9.17) is 0 Å². The van der Waals surface area contributed by atoms with E-state index in [1.165, 1.54) is 12.1 Å². The molecule has 1 fully saturated rings. The van der Waals surface area contributed by atoms with Crippen LogP contribution in [0.5, 0.6) is 0 Å². The number of piperidine rings is 1. The molecule has 1 aromatic heterocycles. The van der Waals surface area contributed by atoms with E-state index in [9.17, 15) is 14.0 Å². The van der Waals surface area contributed by atoms with Crippen LogP contribution in [0.1, 0.15) is 58.9 Å². The van der Waals surface area contributed by atoms with Crippen LogP contribution in [0, 0.1) is 5.82 Å². The van der Waals surface area contributed by atoms with Crippen LogP contribution >= 0.6 is 0 Å². The number of likely N-dealkylation sites (tertiary alicyclic amines) is 1. The maximum absolute atomic E-state index is 13.9. The fraction of sp³-hybridized carbons (Fsp3) is 0.450. The Morgan fingerprint density at radius 2 is 1.74 bits per heavy atom. The van der Waals surface area contributed by atoms with Gasteiger partial charge in [-0.1, -0.05) is 12.1 Å². The Balaban J connectivity index is 1.65. The fourth-order valence-corrected chi connectivity index (χ4v) is 3.88. The Hall–Kier alpha value is -2.70. The van der Waals surface area contributed by atoms with Gasteiger partial charge >= 0.3 is 0 Å². The van der Waals surface area contributed by atoms with Gasteiger partial charge < -0.3 is 14.8 Å². The summed E-state index contributed by atoms with van der Waals surface area (Å²) in [6.45, 7) is 2.12. The molecule has 1 N–H and O–H groups in total. The average molecular weight is 370 g/mol. The highest BCUT2D eigenvalue weighted by Gasteiger charge is 2.30. The number of imidazole rings is 1. The number of aromatic nitrogens is 2. The lowest BCUT2D eigenvalue weighted by Gasteiger charge is -2.26. The van der Waals surface area contributed by atoms with Gasteiger partial charge in [-0.25, -0.2) is 9.37 Å². The Morgan fingerprint density at radius 3 is 2.52 bits per heavy atom. The number of fused-ring (bicyclic) bond motifs is 1. The van der Waals surface area contributed by atoms with Gasteiger partial charge in [0.25, 0.3) is 11.8 Å². The van der Waals surface area contributed by atoms with Crippen LogP contribution in [0.15, 0.2) is 24.3 Å². The number of benzene rings is 1. The van der Waals surface area contributed by atoms with Crippen molar-refractivity contribution in [2.75, 3.05) is 18.4 Å². The van der Waals surface area contributed by atoms with E-state index in [1.807, 2.05) is 9.47 Å². The van der Waals surface area contributed by atoms with Crippen LogP contribution < -0.4 is 5.32 Å². The summed E-state index contributed by atoms with van der Waals surface area (Å²) >= 11 is 0. The standard InChI is InChI=1S/C20H23FN4O2/c21-14-8-2-3-9-15(14)22-19(26)18-23-17(16-10-4-7-13-25(16)18)20(27)24-11-5-1-6-12-24/h2-3,8-9H,1,4-7,10-13H2,(H,22,26). The number of anilines is 1. The average Bonchev–Trinajstić information content (AvgIpc) is 3.10. The molecule has 0 unspecified atom stereocenters. The summed E-state index contributed by atoms with van der Waals surface area (Å²) in [5.74, 6) is -0.888. The van der Waals surface area contributed by atoms with Crippen LogP contribution in [0.3, 0.4) is 0 Å². The highest BCUT2D eigenvalue weighted by Crippen LogP contribution is 2.24. The predicted octanol–water partition coefficient (Wildman–Crippen LogP) is 3.24. The number of hydrogen-bond donors (Lipinski definition) is 1. The zero-order chi connectivity index (χ0) is 18.8. The number of rotatable bonds is 3. The zero-order valence-electron chi connectivity index (χ0n) is 15.2. The SMILES string of the molecule is O=C(Nc1ccccc1F)c1nc(C(=O)N2CCCCC2)c2n1CCCC2. The topological polar surface area (TPSA) is 67.2 Å². The third-order valence-corrected chi connectivity index (χ3v) is 5.29. The summed E-state index contributed by atoms with van der Waals surface area (Å²) in [5, 5.41) is 2.59. The fourth-order valence-electron chi connectivity index (χ4n) is 3.88. The third-order valence-electron chi connectivity index (χ3n) is 5.29. The first-order valence-corrected chi connectivity index (χ1v) is 9.59. The minimum atomic E-state index is -0.499. The Kier molecular flexibility index (Phi) is 4.92. The van der Waals surface area contributed by atoms with Crippen LogP contribution in [-0.2, 0) is 13.0 Å². The van der Waals surface area contributed by atoms with E-state index in [-0.39, 0.29) is 17.4 Å². The van der Waals surface area contributed by atoms with Gasteiger partial charge in [-0.2, -0.15) is 0 Å². The second-order valence-corrected chi connectivity index (χ2v) is 7.13. The molecular weight excluding hydrogens is 347 g/mol. The van der Waals surface area contributed by atoms with Gasteiger partial charge in [0.15, 0.2) is 5.82 Å². The van der Waals surface area contributed by atoms with Crippen molar-refractivity contribution in [3.8, 4) is 0 Å². The third kappa shape index (κ3) is 3.46. The van der Waals surface area contributed by atoms with Crippen molar-refractivity contribution < 1.29 is 14.0 Å². The number of nitrogens with one attached hydrogen (secondary N) is 1. The molecule has 2 aromatic rings. The van der Waals surface area contributed by atoms with E-state index in [2.05, 4.69) is 10.3 Å². The second-order valence-electron chi connectivity index (χ2n) is 7.13. The number of carbonyl (C=O) groups excluding carboxylic acids is 2. The molecule has 0 radical (unpaired) electrons. The molecule has 0 saturated carbocycles. The molecule has 7 heteroatoms. The highest BCUT2D eigenvalue weighted by atomic mass is 19.1. The lowest BCUT2D eigenvalue weighted by Crippen LogP contribution is -2.36. The molecule has 0 atom stereocenters. The molecule has 2 amide bonds. The molecule has 0 bridgehead atoms. The number of nitrogens with zero attached hydrogens (tertiary/aromatic N) is 3. The number of para-hydroxylation sites is 1. The first-order chi connectivity index (χ1) is 13.1. The zero-order valence-corrected chi connectivity index (χ0v) is 15.2. The van der Waals surface area contributed by atoms with E-state index in [0.29, 0.717) is 12.2 Å². The number of amides is 2. The monoisotopic (exact) mass is 370 g/mol. The minimum absolute atomic E-state index is 0.0923. The Bertz CT molecular complexity index is 871. The summed E-state index contributed by atoms with van der Waals surface area (Å²) < 4.78 is 15.7. The highest BCUT2D eigenvalue weighted by molar-refractivity contribution is 6.03. The quantitative estimate of drug-likeness (QED) is 0.902. The molecular formula is C20H23FN4O2. The Morgan fingerprint density at radius 1 is 1.00 bits per heavy atom. The van der Waals surface area contributed by atoms with Crippen molar-refractivity contribution in [1.29, 1.82) is 0 Å². The largest absolute Gasteiger partial charge is 0.337 e. The second kappa shape index (κ2) is 7.50. The number of carbonyl (C=O) groups is 2. The Labute approximate surface area is 157 Å². The summed E-state index contributed by atoms with van der Waals surface area (Å²) in [4.78, 5) is 32.0. The van der Waals surface area contributed by atoms with Crippen LogP contribution in [0.4, 0.5) is 10.1 Å². The van der Waals surface area contributed by atoms with Crippen molar-refractivity contribution >= 4 is 17.5 Å². The van der Waals surface area contributed by atoms with E-state index in [0.717, 1.165) is 57.3 Å². The van der Waals surface area contributed by atoms with Crippen molar-refractivity contribution in [2.24, 2.45) is 0 Å². The molecule has 2 aliphatic heterocycles. The summed E-state index contributed by atoms with van der Waals surface area (Å²) in [7, 11) is 0. The molecule has 27 heavy (non-hydrogen) atoms. The van der Waals surface area contributed by atoms with Crippen molar-refractivity contribution in [3.05, 3.63) is 47.3 Å². The van der Waals surface area contributed by atoms with Crippen molar-refractivity contribution in [2.45, 2.75) is 45.1 Å². The molecule has 4 rings (SSSR count). The number of halogens is 1. The summed E-state index contributed by atoms with van der Waals surface area (Å²) in [5.41, 5.74) is 1.32. The first-order valence-electron chi connectivity index (χ1n) is 9.59. The summed E-state index contributed by atoms with van der Waals surface area (Å²) in [6, 6.07) is 6.03. The lowest BCUT2D eigenvalue weighted by molar-refractivity contribution is 0.0717. The van der Waals surface area contributed by atoms with Crippen LogP contribution in [0.25, 0.3) is 0 Å². The smallest absolute Gasteiger partial charge is 0.291 e. The normalized spacial score (nSPS) is 16.7. The van der Waals surface area contributed by atoms with Gasteiger partial charge in [0, 0.05) is 19.6 Å². The predicted molar refractivity (Wildman–Crippen MR) is 99.3 cm³/mol. The van der Waals surface area contributed by atoms with Gasteiger partial charge in [0.05, 0.1) is 11.4 Å². The summed E-state index contributed by atoms with van der Waals surface area (Å²) in [6.07, 6.45) is 5.78. The van der Waals surface area contributed by atoms with Crippen molar-refractivity contribution in [3.63, 3.8) is 0 Å². The molecule has 1 aromatic carbocycles. The van der Waals surface area contributed by atoms with Gasteiger partial charge in [-0.05, 0) is 50.7 Å². The molecule has 1 saturated heterocycles. The van der Waals surface area contributed by atoms with E-state index < -0.39 is 11.7 Å². The van der Waals surface area contributed by atoms with Crippen LogP contribution in [-0.4, -0.2) is 39.4 Å². The number of hydrogen-bond acceptors (Lipinski definition) is 3. The maximum atomic E-state index is 13.9. The van der Waals surface area contributed by atoms with Gasteiger partial charge in [0.1, 0.15) is 11.5 Å². The molecule has 0 aliphatic carbocycles. The van der Waals surface area contributed by atoms with Gasteiger partial charge in [0.2, 0.25) is 0 Å². The molecule has 142 valence electrons. The van der Waals surface area contributed by atoms with E-state index in [1.54, 1.807) is 12.1 Å². The van der Waals surface area contributed by atoms with E-state index >= 15 is 0 Å². The van der Waals surface area contributed by atoms with Gasteiger partial charge in [-0.15, -0.1) is 0 Å².